The Morgan fingerprint density at radius 3 is 2.80 bits per heavy atom. The molecule has 1 aromatic carbocycles. The van der Waals surface area contributed by atoms with Crippen molar-refractivity contribution in [3.8, 4) is 6.07 Å². The van der Waals surface area contributed by atoms with Gasteiger partial charge in [-0.25, -0.2) is 18.1 Å². The van der Waals surface area contributed by atoms with E-state index in [4.69, 9.17) is 5.26 Å². The van der Waals surface area contributed by atoms with Gasteiger partial charge in [-0.2, -0.15) is 5.26 Å². The molecule has 0 radical (unpaired) electrons. The number of sulfonamides is 1. The zero-order chi connectivity index (χ0) is 14.8. The summed E-state index contributed by atoms with van der Waals surface area (Å²) in [5, 5.41) is 11.4. The molecule has 0 saturated heterocycles. The third-order valence-electron chi connectivity index (χ3n) is 2.76. The normalized spacial score (nSPS) is 12.8. The molecule has 0 amide bonds. The summed E-state index contributed by atoms with van der Waals surface area (Å²) < 4.78 is 27.3. The van der Waals surface area contributed by atoms with Crippen molar-refractivity contribution in [2.24, 2.45) is 0 Å². The molecule has 20 heavy (non-hydrogen) atoms. The molecule has 0 aliphatic heterocycles. The second kappa shape index (κ2) is 5.71. The Bertz CT molecular complexity index is 746. The molecular weight excluding hydrogens is 294 g/mol. The van der Waals surface area contributed by atoms with Gasteiger partial charge in [0.15, 0.2) is 0 Å². The number of hydrogen-bond acceptors (Lipinski definition) is 5. The minimum Gasteiger partial charge on any atom is -0.248 e. The molecule has 0 aliphatic carbocycles. The van der Waals surface area contributed by atoms with Gasteiger partial charge in [0.05, 0.1) is 22.6 Å². The van der Waals surface area contributed by atoms with Gasteiger partial charge in [0.2, 0.25) is 10.0 Å². The van der Waals surface area contributed by atoms with Crippen LogP contribution >= 0.6 is 11.3 Å². The molecule has 2 rings (SSSR count). The first-order valence-corrected chi connectivity index (χ1v) is 8.23. The summed E-state index contributed by atoms with van der Waals surface area (Å²) in [6.07, 6.45) is 1.63. The van der Waals surface area contributed by atoms with Crippen molar-refractivity contribution < 1.29 is 8.42 Å². The van der Waals surface area contributed by atoms with E-state index in [2.05, 4.69) is 9.71 Å². The maximum atomic E-state index is 12.4. The molecule has 1 heterocycles. The smallest absolute Gasteiger partial charge is 0.241 e. The van der Waals surface area contributed by atoms with Crippen LogP contribution in [0.2, 0.25) is 0 Å². The number of aryl methyl sites for hydroxylation is 1. The molecule has 1 atom stereocenters. The molecule has 0 saturated carbocycles. The van der Waals surface area contributed by atoms with Gasteiger partial charge in [-0.1, -0.05) is 6.07 Å². The van der Waals surface area contributed by atoms with Gasteiger partial charge in [-0.3, -0.25) is 0 Å². The predicted molar refractivity (Wildman–Crippen MR) is 76.7 cm³/mol. The molecule has 7 heteroatoms. The van der Waals surface area contributed by atoms with E-state index in [1.54, 1.807) is 37.6 Å². The summed E-state index contributed by atoms with van der Waals surface area (Å²) in [5.74, 6) is 0. The molecule has 104 valence electrons. The Balaban J connectivity index is 2.34. The molecule has 0 fully saturated rings. The first-order valence-electron chi connectivity index (χ1n) is 5.86. The zero-order valence-corrected chi connectivity index (χ0v) is 12.6. The van der Waals surface area contributed by atoms with Crippen LogP contribution < -0.4 is 4.72 Å². The Kier molecular flexibility index (Phi) is 4.18. The maximum Gasteiger partial charge on any atom is 0.241 e. The summed E-state index contributed by atoms with van der Waals surface area (Å²) >= 11 is 1.39. The van der Waals surface area contributed by atoms with Crippen LogP contribution in [0, 0.1) is 18.3 Å². The van der Waals surface area contributed by atoms with E-state index in [9.17, 15) is 8.42 Å². The van der Waals surface area contributed by atoms with Crippen molar-refractivity contribution in [3.63, 3.8) is 0 Å². The van der Waals surface area contributed by atoms with Crippen LogP contribution in [0.4, 0.5) is 0 Å². The van der Waals surface area contributed by atoms with Crippen molar-refractivity contribution in [3.05, 3.63) is 45.9 Å². The number of hydrogen-bond donors (Lipinski definition) is 1. The Labute approximate surface area is 122 Å². The lowest BCUT2D eigenvalue weighted by Crippen LogP contribution is -2.27. The second-order valence-corrected chi connectivity index (χ2v) is 6.91. The molecule has 0 aliphatic rings. The average molecular weight is 307 g/mol. The van der Waals surface area contributed by atoms with Crippen molar-refractivity contribution in [1.82, 2.24) is 9.71 Å². The van der Waals surface area contributed by atoms with Gasteiger partial charge >= 0.3 is 0 Å². The minimum atomic E-state index is -3.68. The van der Waals surface area contributed by atoms with Crippen LogP contribution in [0.1, 0.15) is 29.1 Å². The number of thiazole rings is 1. The number of benzene rings is 1. The minimum absolute atomic E-state index is 0.125. The zero-order valence-electron chi connectivity index (χ0n) is 11.0. The highest BCUT2D eigenvalue weighted by molar-refractivity contribution is 7.89. The van der Waals surface area contributed by atoms with E-state index in [0.717, 1.165) is 0 Å². The number of nitriles is 1. The molecule has 0 spiro atoms. The molecule has 2 aromatic rings. The lowest BCUT2D eigenvalue weighted by molar-refractivity contribution is 0.565. The number of rotatable bonds is 4. The molecule has 1 unspecified atom stereocenters. The number of nitrogens with one attached hydrogen (secondary N) is 1. The number of nitrogens with zero attached hydrogens (tertiary/aromatic N) is 2. The van der Waals surface area contributed by atoms with Crippen molar-refractivity contribution in [2.75, 3.05) is 0 Å². The van der Waals surface area contributed by atoms with Crippen LogP contribution in [-0.4, -0.2) is 13.4 Å². The fourth-order valence-corrected chi connectivity index (χ4v) is 3.95. The van der Waals surface area contributed by atoms with Crippen LogP contribution in [0.15, 0.2) is 34.7 Å². The summed E-state index contributed by atoms with van der Waals surface area (Å²) in [6, 6.07) is 6.14. The summed E-state index contributed by atoms with van der Waals surface area (Å²) in [5.41, 5.74) is 0.917. The lowest BCUT2D eigenvalue weighted by atomic mass is 10.2. The van der Waals surface area contributed by atoms with E-state index >= 15 is 0 Å². The largest absolute Gasteiger partial charge is 0.248 e. The molecule has 5 nitrogen and oxygen atoms in total. The third kappa shape index (κ3) is 3.04. The van der Waals surface area contributed by atoms with Gasteiger partial charge in [0.25, 0.3) is 0 Å². The Hall–Kier alpha value is -1.75. The standard InChI is InChI=1S/C13H13N3O2S2/c1-9-3-4-11(8-14)7-12(9)20(17,18)16-10(2)13-15-5-6-19-13/h3-7,10,16H,1-2H3. The van der Waals surface area contributed by atoms with Gasteiger partial charge in [-0.05, 0) is 31.5 Å². The first-order chi connectivity index (χ1) is 9.44. The highest BCUT2D eigenvalue weighted by Gasteiger charge is 2.21. The van der Waals surface area contributed by atoms with Gasteiger partial charge in [0.1, 0.15) is 5.01 Å². The molecule has 1 N–H and O–H groups in total. The van der Waals surface area contributed by atoms with E-state index in [1.165, 1.54) is 17.4 Å². The van der Waals surface area contributed by atoms with Crippen LogP contribution in [0.25, 0.3) is 0 Å². The van der Waals surface area contributed by atoms with E-state index in [0.29, 0.717) is 16.1 Å². The van der Waals surface area contributed by atoms with E-state index in [-0.39, 0.29) is 4.90 Å². The third-order valence-corrected chi connectivity index (χ3v) is 5.40. The van der Waals surface area contributed by atoms with Crippen LogP contribution in [0.5, 0.6) is 0 Å². The maximum absolute atomic E-state index is 12.4. The Morgan fingerprint density at radius 2 is 2.20 bits per heavy atom. The Morgan fingerprint density at radius 1 is 1.45 bits per heavy atom. The lowest BCUT2D eigenvalue weighted by Gasteiger charge is -2.13. The van der Waals surface area contributed by atoms with Crippen molar-refractivity contribution in [1.29, 1.82) is 5.26 Å². The summed E-state index contributed by atoms with van der Waals surface area (Å²) in [7, 11) is -3.68. The topological polar surface area (TPSA) is 82.8 Å². The second-order valence-electron chi connectivity index (χ2n) is 4.31. The molecule has 0 bridgehead atoms. The first kappa shape index (κ1) is 14.7. The molecule has 1 aromatic heterocycles. The van der Waals surface area contributed by atoms with E-state index < -0.39 is 16.1 Å². The van der Waals surface area contributed by atoms with Gasteiger partial charge in [0, 0.05) is 11.6 Å². The van der Waals surface area contributed by atoms with Crippen LogP contribution in [-0.2, 0) is 10.0 Å². The quantitative estimate of drug-likeness (QED) is 0.940. The van der Waals surface area contributed by atoms with Gasteiger partial charge in [-0.15, -0.1) is 11.3 Å². The summed E-state index contributed by atoms with van der Waals surface area (Å²) in [6.45, 7) is 3.43. The predicted octanol–water partition coefficient (Wildman–Crippen LogP) is 2.36. The summed E-state index contributed by atoms with van der Waals surface area (Å²) in [4.78, 5) is 4.21. The fourth-order valence-electron chi connectivity index (χ4n) is 1.75. The monoisotopic (exact) mass is 307 g/mol. The van der Waals surface area contributed by atoms with Gasteiger partial charge < -0.3 is 0 Å². The van der Waals surface area contributed by atoms with Crippen molar-refractivity contribution in [2.45, 2.75) is 24.8 Å². The highest BCUT2D eigenvalue weighted by Crippen LogP contribution is 2.21. The van der Waals surface area contributed by atoms with Crippen molar-refractivity contribution >= 4 is 21.4 Å². The van der Waals surface area contributed by atoms with Crippen LogP contribution in [0.3, 0.4) is 0 Å². The fraction of sp³-hybridized carbons (Fsp3) is 0.231. The average Bonchev–Trinajstić information content (AvgIpc) is 2.92. The number of aromatic nitrogens is 1. The van der Waals surface area contributed by atoms with E-state index in [1.807, 2.05) is 6.07 Å². The SMILES string of the molecule is Cc1ccc(C#N)cc1S(=O)(=O)NC(C)c1nccs1. The molecular formula is C13H13N3O2S2. The highest BCUT2D eigenvalue weighted by atomic mass is 32.2.